The Kier molecular flexibility index (Phi) is 6.06. The van der Waals surface area contributed by atoms with E-state index in [2.05, 4.69) is 20.9 Å². The second-order valence-corrected chi connectivity index (χ2v) is 11.2. The van der Waals surface area contributed by atoms with Gasteiger partial charge in [-0.2, -0.15) is 4.99 Å². The molecule has 2 saturated heterocycles. The lowest BCUT2D eigenvalue weighted by Crippen LogP contribution is -2.38. The largest absolute Gasteiger partial charge is 0.314 e. The minimum absolute atomic E-state index is 0.0508. The first kappa shape index (κ1) is 20.2. The van der Waals surface area contributed by atoms with Gasteiger partial charge in [0.15, 0.2) is 15.0 Å². The summed E-state index contributed by atoms with van der Waals surface area (Å²) in [7, 11) is -3.10. The molecule has 0 aliphatic carbocycles. The third-order valence-corrected chi connectivity index (χ3v) is 8.78. The van der Waals surface area contributed by atoms with Crippen LogP contribution in [0.15, 0.2) is 27.7 Å². The number of nitrogens with zero attached hydrogens (tertiary/aromatic N) is 2. The highest BCUT2D eigenvalue weighted by Crippen LogP contribution is 2.43. The zero-order chi connectivity index (χ0) is 19.1. The van der Waals surface area contributed by atoms with Gasteiger partial charge in [-0.1, -0.05) is 53.1 Å². The monoisotopic (exact) mass is 478 g/mol. The van der Waals surface area contributed by atoms with E-state index in [4.69, 9.17) is 11.6 Å². The molecule has 0 radical (unpaired) electrons. The van der Waals surface area contributed by atoms with E-state index in [1.807, 2.05) is 30.9 Å². The lowest BCUT2D eigenvalue weighted by molar-refractivity contribution is -0.121. The molecule has 1 amide bonds. The molecule has 0 bridgehead atoms. The Morgan fingerprint density at radius 1 is 1.38 bits per heavy atom. The van der Waals surface area contributed by atoms with E-state index in [1.54, 1.807) is 6.07 Å². The first-order chi connectivity index (χ1) is 12.3. The van der Waals surface area contributed by atoms with E-state index in [0.29, 0.717) is 15.9 Å². The summed E-state index contributed by atoms with van der Waals surface area (Å²) in [5.41, 5.74) is 0.683. The molecule has 2 atom stereocenters. The van der Waals surface area contributed by atoms with E-state index >= 15 is 0 Å². The van der Waals surface area contributed by atoms with Gasteiger partial charge in [-0.3, -0.25) is 4.79 Å². The number of sulfone groups is 1. The number of anilines is 1. The topological polar surface area (TPSA) is 66.8 Å². The molecule has 2 heterocycles. The van der Waals surface area contributed by atoms with Crippen LogP contribution in [0.25, 0.3) is 0 Å². The number of aliphatic imine (C=N–C) groups is 1. The number of hydrogen-bond donors (Lipinski definition) is 0. The maximum absolute atomic E-state index is 12.5. The highest BCUT2D eigenvalue weighted by molar-refractivity contribution is 9.10. The third kappa shape index (κ3) is 3.98. The first-order valence-corrected chi connectivity index (χ1v) is 12.4. The van der Waals surface area contributed by atoms with Crippen molar-refractivity contribution in [3.05, 3.63) is 27.7 Å². The van der Waals surface area contributed by atoms with Gasteiger partial charge in [-0.15, -0.1) is 0 Å². The molecule has 9 heteroatoms. The molecule has 1 aromatic carbocycles. The van der Waals surface area contributed by atoms with Gasteiger partial charge in [-0.05, 0) is 31.0 Å². The number of carbonyl (C=O) groups is 1. The number of amidine groups is 1. The number of hydrogen-bond acceptors (Lipinski definition) is 4. The van der Waals surface area contributed by atoms with E-state index in [0.717, 1.165) is 17.3 Å². The van der Waals surface area contributed by atoms with Gasteiger partial charge in [0, 0.05) is 15.6 Å². The number of benzene rings is 1. The standard InChI is InChI=1S/C17H20BrClN2O3S2/c1-3-10(4-2)16(22)20-17-21(13-6-5-11(18)7-12(13)19)14-8-26(23,24)9-15(14)25-17/h5-7,10,14-15H,3-4,8-9H2,1-2H3/t14-,15-/m1/s1. The summed E-state index contributed by atoms with van der Waals surface area (Å²) in [6, 6.07) is 5.19. The summed E-state index contributed by atoms with van der Waals surface area (Å²) in [5.74, 6) is -0.117. The van der Waals surface area contributed by atoms with Crippen LogP contribution in [-0.4, -0.2) is 42.3 Å². The molecule has 0 N–H and O–H groups in total. The normalized spacial score (nSPS) is 25.9. The molecule has 3 rings (SSSR count). The Labute approximate surface area is 171 Å². The fraction of sp³-hybridized carbons (Fsp3) is 0.529. The van der Waals surface area contributed by atoms with Crippen LogP contribution in [0, 0.1) is 5.92 Å². The number of amides is 1. The van der Waals surface area contributed by atoms with Gasteiger partial charge >= 0.3 is 0 Å². The highest BCUT2D eigenvalue weighted by Gasteiger charge is 2.49. The Balaban J connectivity index is 2.02. The lowest BCUT2D eigenvalue weighted by atomic mass is 10.0. The van der Waals surface area contributed by atoms with Gasteiger partial charge in [0.05, 0.1) is 28.3 Å². The van der Waals surface area contributed by atoms with Crippen molar-refractivity contribution in [1.29, 1.82) is 0 Å². The number of fused-ring (bicyclic) bond motifs is 1. The fourth-order valence-corrected chi connectivity index (χ4v) is 8.02. The molecule has 142 valence electrons. The van der Waals surface area contributed by atoms with E-state index in [9.17, 15) is 13.2 Å². The Bertz CT molecular complexity index is 856. The smallest absolute Gasteiger partial charge is 0.251 e. The predicted molar refractivity (Wildman–Crippen MR) is 112 cm³/mol. The molecule has 5 nitrogen and oxygen atoms in total. The minimum Gasteiger partial charge on any atom is -0.314 e. The van der Waals surface area contributed by atoms with Crippen molar-refractivity contribution in [2.75, 3.05) is 16.4 Å². The quantitative estimate of drug-likeness (QED) is 0.649. The van der Waals surface area contributed by atoms with E-state index in [1.165, 1.54) is 11.8 Å². The van der Waals surface area contributed by atoms with Gasteiger partial charge in [-0.25, -0.2) is 8.42 Å². The van der Waals surface area contributed by atoms with Crippen LogP contribution in [0.5, 0.6) is 0 Å². The second-order valence-electron chi connectivity index (χ2n) is 6.51. The summed E-state index contributed by atoms with van der Waals surface area (Å²) < 4.78 is 25.0. The van der Waals surface area contributed by atoms with Crippen molar-refractivity contribution < 1.29 is 13.2 Å². The molecule has 0 spiro atoms. The third-order valence-electron chi connectivity index (χ3n) is 4.78. The summed E-state index contributed by atoms with van der Waals surface area (Å²) in [6.45, 7) is 3.94. The summed E-state index contributed by atoms with van der Waals surface area (Å²) in [6.07, 6.45) is 1.47. The Morgan fingerprint density at radius 2 is 2.08 bits per heavy atom. The summed E-state index contributed by atoms with van der Waals surface area (Å²) in [4.78, 5) is 18.8. The molecular weight excluding hydrogens is 460 g/mol. The van der Waals surface area contributed by atoms with Gasteiger partial charge in [0.2, 0.25) is 0 Å². The van der Waals surface area contributed by atoms with Crippen molar-refractivity contribution in [2.24, 2.45) is 10.9 Å². The molecule has 0 unspecified atom stereocenters. The average Bonchev–Trinajstić information content (AvgIpc) is 3.00. The number of thioether (sulfide) groups is 1. The van der Waals surface area contributed by atoms with Crippen molar-refractivity contribution in [1.82, 2.24) is 0 Å². The first-order valence-electron chi connectivity index (χ1n) is 8.49. The van der Waals surface area contributed by atoms with Crippen LogP contribution in [0.1, 0.15) is 26.7 Å². The van der Waals surface area contributed by atoms with Gasteiger partial charge < -0.3 is 4.90 Å². The lowest BCUT2D eigenvalue weighted by Gasteiger charge is -2.25. The highest BCUT2D eigenvalue weighted by atomic mass is 79.9. The van der Waals surface area contributed by atoms with Crippen LogP contribution < -0.4 is 4.90 Å². The zero-order valence-corrected chi connectivity index (χ0v) is 18.5. The van der Waals surface area contributed by atoms with E-state index < -0.39 is 9.84 Å². The maximum atomic E-state index is 12.5. The average molecular weight is 480 g/mol. The number of carbonyl (C=O) groups excluding carboxylic acids is 1. The van der Waals surface area contributed by atoms with Crippen LogP contribution in [0.3, 0.4) is 0 Å². The molecule has 0 aromatic heterocycles. The van der Waals surface area contributed by atoms with Crippen LogP contribution >= 0.6 is 39.3 Å². The molecule has 2 aliphatic heterocycles. The SMILES string of the molecule is CCC(CC)C(=O)N=C1S[C@@H]2CS(=O)(=O)C[C@H]2N1c1ccc(Br)cc1Cl. The number of halogens is 2. The summed E-state index contributed by atoms with van der Waals surface area (Å²) >= 11 is 11.2. The van der Waals surface area contributed by atoms with E-state index in [-0.39, 0.29) is 34.6 Å². The molecule has 2 aliphatic rings. The molecular formula is C17H20BrClN2O3S2. The van der Waals surface area contributed by atoms with Crippen LogP contribution in [0.4, 0.5) is 5.69 Å². The van der Waals surface area contributed by atoms with Crippen LogP contribution in [0.2, 0.25) is 5.02 Å². The zero-order valence-electron chi connectivity index (χ0n) is 14.5. The molecule has 0 saturated carbocycles. The van der Waals surface area contributed by atoms with Crippen molar-refractivity contribution in [3.8, 4) is 0 Å². The van der Waals surface area contributed by atoms with Crippen molar-refractivity contribution in [3.63, 3.8) is 0 Å². The Morgan fingerprint density at radius 3 is 2.69 bits per heavy atom. The van der Waals surface area contributed by atoms with Crippen LogP contribution in [-0.2, 0) is 14.6 Å². The second kappa shape index (κ2) is 7.81. The molecule has 1 aromatic rings. The molecule has 2 fully saturated rings. The van der Waals surface area contributed by atoms with Crippen molar-refractivity contribution in [2.45, 2.75) is 38.0 Å². The number of rotatable bonds is 4. The predicted octanol–water partition coefficient (Wildman–Crippen LogP) is 4.14. The molecule has 26 heavy (non-hydrogen) atoms. The van der Waals surface area contributed by atoms with Gasteiger partial charge in [0.25, 0.3) is 5.91 Å². The minimum atomic E-state index is -3.10. The summed E-state index contributed by atoms with van der Waals surface area (Å²) in [5, 5.41) is 0.914. The Hall–Kier alpha value is -0.570. The fourth-order valence-electron chi connectivity index (χ4n) is 3.35. The maximum Gasteiger partial charge on any atom is 0.251 e. The van der Waals surface area contributed by atoms with Crippen molar-refractivity contribution >= 4 is 65.9 Å². The van der Waals surface area contributed by atoms with Gasteiger partial charge in [0.1, 0.15) is 0 Å².